The number of rotatable bonds is 3. The fourth-order valence-electron chi connectivity index (χ4n) is 3.79. The molecule has 0 bridgehead atoms. The summed E-state index contributed by atoms with van der Waals surface area (Å²) >= 11 is 0. The van der Waals surface area contributed by atoms with Crippen LogP contribution < -0.4 is 5.32 Å². The molecule has 1 amide bonds. The molecule has 9 nitrogen and oxygen atoms in total. The number of benzene rings is 1. The molecule has 4 aromatic rings. The van der Waals surface area contributed by atoms with Gasteiger partial charge < -0.3 is 9.72 Å². The highest BCUT2D eigenvalue weighted by molar-refractivity contribution is 6.05. The van der Waals surface area contributed by atoms with Gasteiger partial charge in [0.15, 0.2) is 5.65 Å². The van der Waals surface area contributed by atoms with Crippen molar-refractivity contribution in [3.8, 4) is 0 Å². The van der Waals surface area contributed by atoms with Crippen LogP contribution in [0.1, 0.15) is 34.9 Å². The van der Waals surface area contributed by atoms with E-state index in [0.29, 0.717) is 17.4 Å². The highest BCUT2D eigenvalue weighted by Gasteiger charge is 2.25. The summed E-state index contributed by atoms with van der Waals surface area (Å²) in [5.41, 5.74) is 3.89. The lowest BCUT2D eigenvalue weighted by Crippen LogP contribution is -2.17. The first-order valence-electron chi connectivity index (χ1n) is 9.24. The van der Waals surface area contributed by atoms with E-state index in [9.17, 15) is 4.79 Å². The third-order valence-corrected chi connectivity index (χ3v) is 5.34. The lowest BCUT2D eigenvalue weighted by molar-refractivity contribution is 0.102. The molecule has 1 aliphatic rings. The van der Waals surface area contributed by atoms with Crippen LogP contribution in [-0.4, -0.2) is 53.8 Å². The second-order valence-corrected chi connectivity index (χ2v) is 7.21. The van der Waals surface area contributed by atoms with Gasteiger partial charge in [-0.3, -0.25) is 9.69 Å². The van der Waals surface area contributed by atoms with Crippen LogP contribution in [0.15, 0.2) is 36.8 Å². The average Bonchev–Trinajstić information content (AvgIpc) is 3.39. The van der Waals surface area contributed by atoms with Gasteiger partial charge in [-0.25, -0.2) is 14.6 Å². The Kier molecular flexibility index (Phi) is 3.83. The molecular weight excluding hydrogens is 356 g/mol. The van der Waals surface area contributed by atoms with Crippen molar-refractivity contribution in [3.05, 3.63) is 48.0 Å². The third kappa shape index (κ3) is 2.80. The maximum Gasteiger partial charge on any atom is 0.256 e. The summed E-state index contributed by atoms with van der Waals surface area (Å²) in [4.78, 5) is 24.0. The number of amides is 1. The molecule has 1 aromatic carbocycles. The summed E-state index contributed by atoms with van der Waals surface area (Å²) in [6.45, 7) is 1.09. The van der Waals surface area contributed by atoms with E-state index in [2.05, 4.69) is 32.6 Å². The number of hydrogen-bond donors (Lipinski definition) is 1. The number of aromatic nitrogens is 6. The van der Waals surface area contributed by atoms with Crippen molar-refractivity contribution in [2.45, 2.75) is 18.9 Å². The van der Waals surface area contributed by atoms with E-state index in [4.69, 9.17) is 4.98 Å². The Morgan fingerprint density at radius 3 is 2.96 bits per heavy atom. The quantitative estimate of drug-likeness (QED) is 0.588. The average molecular weight is 376 g/mol. The van der Waals surface area contributed by atoms with Crippen LogP contribution in [0.3, 0.4) is 0 Å². The molecule has 1 N–H and O–H groups in total. The summed E-state index contributed by atoms with van der Waals surface area (Å²) in [5, 5.41) is 10.9. The van der Waals surface area contributed by atoms with Gasteiger partial charge in [0.2, 0.25) is 0 Å². The zero-order chi connectivity index (χ0) is 19.3. The summed E-state index contributed by atoms with van der Waals surface area (Å²) in [5.74, 6) is 0.246. The standard InChI is InChI=1S/C19H20N8O/c1-25-7-3-4-15(25)14-10-27-11-17(20-9-18(27)21-14)22-19(28)12-5-6-13-16(8-12)26(2)24-23-13/h5-6,8-11,15H,3-4,7H2,1-2H3,(H,22,28)/t15-/m1/s1. The summed E-state index contributed by atoms with van der Waals surface area (Å²) < 4.78 is 3.56. The molecule has 1 fully saturated rings. The molecular formula is C19H20N8O. The number of nitrogens with zero attached hydrogens (tertiary/aromatic N) is 7. The lowest BCUT2D eigenvalue weighted by Gasteiger charge is -2.16. The van der Waals surface area contributed by atoms with Gasteiger partial charge in [0, 0.05) is 18.8 Å². The van der Waals surface area contributed by atoms with E-state index < -0.39 is 0 Å². The lowest BCUT2D eigenvalue weighted by atomic mass is 10.2. The van der Waals surface area contributed by atoms with Crippen molar-refractivity contribution in [3.63, 3.8) is 0 Å². The molecule has 0 spiro atoms. The van der Waals surface area contributed by atoms with E-state index in [0.717, 1.165) is 35.3 Å². The van der Waals surface area contributed by atoms with Gasteiger partial charge >= 0.3 is 0 Å². The molecule has 0 aliphatic carbocycles. The minimum atomic E-state index is -0.231. The van der Waals surface area contributed by atoms with Crippen LogP contribution in [0, 0.1) is 0 Å². The Labute approximate surface area is 161 Å². The van der Waals surface area contributed by atoms with Crippen molar-refractivity contribution < 1.29 is 4.79 Å². The van der Waals surface area contributed by atoms with Gasteiger partial charge in [0.1, 0.15) is 11.3 Å². The van der Waals surface area contributed by atoms with Gasteiger partial charge in [-0.1, -0.05) is 5.21 Å². The van der Waals surface area contributed by atoms with Crippen molar-refractivity contribution in [2.24, 2.45) is 7.05 Å². The molecule has 142 valence electrons. The molecule has 3 aromatic heterocycles. The fourth-order valence-corrected chi connectivity index (χ4v) is 3.79. The molecule has 28 heavy (non-hydrogen) atoms. The SMILES string of the molecule is CN1CCC[C@@H]1c1cn2cc(NC(=O)c3ccc4nnn(C)c4c3)ncc2n1. The van der Waals surface area contributed by atoms with E-state index in [-0.39, 0.29) is 5.91 Å². The molecule has 1 saturated heterocycles. The number of hydrogen-bond acceptors (Lipinski definition) is 6. The van der Waals surface area contributed by atoms with Crippen molar-refractivity contribution in [2.75, 3.05) is 18.9 Å². The van der Waals surface area contributed by atoms with E-state index in [1.807, 2.05) is 10.6 Å². The Balaban J connectivity index is 1.40. The minimum Gasteiger partial charge on any atom is -0.305 e. The van der Waals surface area contributed by atoms with Gasteiger partial charge in [0.05, 0.1) is 29.6 Å². The summed E-state index contributed by atoms with van der Waals surface area (Å²) in [6, 6.07) is 5.63. The largest absolute Gasteiger partial charge is 0.305 e. The maximum absolute atomic E-state index is 12.7. The van der Waals surface area contributed by atoms with E-state index in [1.54, 1.807) is 42.3 Å². The first kappa shape index (κ1) is 16.8. The Morgan fingerprint density at radius 2 is 2.14 bits per heavy atom. The van der Waals surface area contributed by atoms with Crippen LogP contribution in [0.5, 0.6) is 0 Å². The predicted molar refractivity (Wildman–Crippen MR) is 104 cm³/mol. The third-order valence-electron chi connectivity index (χ3n) is 5.34. The van der Waals surface area contributed by atoms with Gasteiger partial charge in [0.25, 0.3) is 5.91 Å². The number of fused-ring (bicyclic) bond motifs is 2. The monoisotopic (exact) mass is 376 g/mol. The number of nitrogens with one attached hydrogen (secondary N) is 1. The molecule has 0 radical (unpaired) electrons. The van der Waals surface area contributed by atoms with Crippen LogP contribution in [0.4, 0.5) is 5.82 Å². The second kappa shape index (κ2) is 6.38. The zero-order valence-corrected chi connectivity index (χ0v) is 15.7. The van der Waals surface area contributed by atoms with E-state index >= 15 is 0 Å². The zero-order valence-electron chi connectivity index (χ0n) is 15.7. The second-order valence-electron chi connectivity index (χ2n) is 7.21. The first-order valence-corrected chi connectivity index (χ1v) is 9.24. The van der Waals surface area contributed by atoms with Crippen LogP contribution in [-0.2, 0) is 7.05 Å². The molecule has 0 saturated carbocycles. The van der Waals surface area contributed by atoms with Gasteiger partial charge in [-0.2, -0.15) is 0 Å². The first-order chi connectivity index (χ1) is 13.6. The van der Waals surface area contributed by atoms with Crippen LogP contribution in [0.2, 0.25) is 0 Å². The Bertz CT molecular complexity index is 1190. The molecule has 1 aliphatic heterocycles. The molecule has 5 rings (SSSR count). The van der Waals surface area contributed by atoms with Gasteiger partial charge in [-0.15, -0.1) is 5.10 Å². The number of carbonyl (C=O) groups excluding carboxylic acids is 1. The normalized spacial score (nSPS) is 17.6. The van der Waals surface area contributed by atoms with Crippen molar-refractivity contribution in [1.29, 1.82) is 0 Å². The highest BCUT2D eigenvalue weighted by atomic mass is 16.1. The van der Waals surface area contributed by atoms with Crippen molar-refractivity contribution >= 4 is 28.4 Å². The summed E-state index contributed by atoms with van der Waals surface area (Å²) in [7, 11) is 3.92. The van der Waals surface area contributed by atoms with E-state index in [1.165, 1.54) is 6.42 Å². The van der Waals surface area contributed by atoms with Gasteiger partial charge in [-0.05, 0) is 44.6 Å². The number of carbonyl (C=O) groups is 1. The Morgan fingerprint density at radius 1 is 1.25 bits per heavy atom. The molecule has 1 atom stereocenters. The minimum absolute atomic E-state index is 0.231. The maximum atomic E-state index is 12.7. The number of imidazole rings is 1. The summed E-state index contributed by atoms with van der Waals surface area (Å²) in [6.07, 6.45) is 7.80. The highest BCUT2D eigenvalue weighted by Crippen LogP contribution is 2.29. The van der Waals surface area contributed by atoms with Crippen LogP contribution in [0.25, 0.3) is 16.7 Å². The molecule has 0 unspecified atom stereocenters. The topological polar surface area (TPSA) is 93.2 Å². The van der Waals surface area contributed by atoms with Crippen molar-refractivity contribution in [1.82, 2.24) is 34.3 Å². The number of likely N-dealkylation sites (tertiary alicyclic amines) is 1. The number of aryl methyl sites for hydroxylation is 1. The molecule has 4 heterocycles. The van der Waals surface area contributed by atoms with Crippen LogP contribution >= 0.6 is 0 Å². The fraction of sp³-hybridized carbons (Fsp3) is 0.316. The Hall–Kier alpha value is -3.33. The predicted octanol–water partition coefficient (Wildman–Crippen LogP) is 2.03. The molecule has 9 heteroatoms. The number of anilines is 1. The smallest absolute Gasteiger partial charge is 0.256 e.